The molecule has 0 bridgehead atoms. The Kier molecular flexibility index (Phi) is 41.4. The van der Waals surface area contributed by atoms with Gasteiger partial charge in [0.2, 0.25) is 0 Å². The minimum absolute atomic E-state index is 0.132. The van der Waals surface area contributed by atoms with Crippen molar-refractivity contribution in [3.8, 4) is 0 Å². The number of carbonyl (C=O) groups excluding carboxylic acids is 3. The van der Waals surface area contributed by atoms with Crippen molar-refractivity contribution in [2.45, 2.75) is 259 Å². The van der Waals surface area contributed by atoms with Gasteiger partial charge in [0.1, 0.15) is 6.10 Å². The molecule has 0 radical (unpaired) electrons. The molecule has 2 saturated carbocycles. The Bertz CT molecular complexity index is 958. The second kappa shape index (κ2) is 43.2. The van der Waals surface area contributed by atoms with Crippen LogP contribution >= 0.6 is 0 Å². The molecular formula is C51H92O6. The van der Waals surface area contributed by atoms with Crippen LogP contribution in [-0.4, -0.2) is 37.2 Å². The van der Waals surface area contributed by atoms with Gasteiger partial charge in [-0.25, -0.2) is 9.59 Å². The van der Waals surface area contributed by atoms with Gasteiger partial charge in [0.25, 0.3) is 0 Å². The average Bonchev–Trinajstić information content (AvgIpc) is 3.24. The van der Waals surface area contributed by atoms with Gasteiger partial charge in [0.05, 0.1) is 24.3 Å². The number of unbranched alkanes of at least 4 members (excludes halogenated alkanes) is 20. The van der Waals surface area contributed by atoms with Crippen LogP contribution in [0.3, 0.4) is 0 Å². The molecule has 1 aromatic carbocycles. The molecule has 2 aliphatic rings. The summed E-state index contributed by atoms with van der Waals surface area (Å²) in [6.45, 7) is 11.2. The highest BCUT2D eigenvalue weighted by atomic mass is 16.5. The van der Waals surface area contributed by atoms with Crippen molar-refractivity contribution in [1.82, 2.24) is 0 Å². The summed E-state index contributed by atoms with van der Waals surface area (Å²) >= 11 is 0. The van der Waals surface area contributed by atoms with E-state index in [-0.39, 0.29) is 12.1 Å². The summed E-state index contributed by atoms with van der Waals surface area (Å²) in [5.74, 6) is -1.02. The quantitative estimate of drug-likeness (QED) is 0.0501. The van der Waals surface area contributed by atoms with Gasteiger partial charge in [-0.3, -0.25) is 4.79 Å². The number of rotatable bonds is 27. The molecule has 0 aromatic heterocycles. The first kappa shape index (κ1) is 54.6. The maximum Gasteiger partial charge on any atom is 0.339 e. The second-order valence-electron chi connectivity index (χ2n) is 16.5. The van der Waals surface area contributed by atoms with Crippen LogP contribution in [0.5, 0.6) is 0 Å². The lowest BCUT2D eigenvalue weighted by atomic mass is 9.98. The van der Waals surface area contributed by atoms with E-state index in [1.54, 1.807) is 24.3 Å². The second-order valence-corrected chi connectivity index (χ2v) is 16.5. The summed E-state index contributed by atoms with van der Waals surface area (Å²) in [4.78, 5) is 35.2. The standard InChI is InChI=1S/C24H38O4.C13H28.C8H14O2.C6H12/c1-3-5-7-9-11-15-19-27-23(25)21-17-13-14-18-22(21)24(26)28-20-16-12-10-8-6-4-2;1-3-5-7-9-11-13-12-10-8-6-4-2;1-7(9)10-8-5-3-2-4-6-8;1-2-4-6-5-3-1/h13-14,17-18H,3-12,15-16,19-20H2,1-2H3;3-13H2,1-2H3;8H,2-6H2,1H3;1-6H2. The maximum absolute atomic E-state index is 12.4. The number of hydrogen-bond acceptors (Lipinski definition) is 6. The molecule has 0 aliphatic heterocycles. The van der Waals surface area contributed by atoms with Gasteiger partial charge in [0, 0.05) is 6.92 Å². The van der Waals surface area contributed by atoms with Crippen molar-refractivity contribution in [3.05, 3.63) is 35.4 Å². The lowest BCUT2D eigenvalue weighted by molar-refractivity contribution is -0.147. The van der Waals surface area contributed by atoms with E-state index in [4.69, 9.17) is 14.2 Å². The van der Waals surface area contributed by atoms with Crippen LogP contribution in [0.1, 0.15) is 274 Å². The third-order valence-electron chi connectivity index (χ3n) is 10.9. The molecule has 0 saturated heterocycles. The SMILES string of the molecule is C1CCCCC1.CC(=O)OC1CCCCC1.CCCCCCCCCCCCC.CCCCCCCCOC(=O)c1ccccc1C(=O)OCCCCCCCC. The topological polar surface area (TPSA) is 78.9 Å². The largest absolute Gasteiger partial charge is 0.463 e. The molecule has 3 rings (SSSR count). The van der Waals surface area contributed by atoms with Crippen molar-refractivity contribution in [1.29, 1.82) is 0 Å². The van der Waals surface area contributed by atoms with Crippen molar-refractivity contribution in [3.63, 3.8) is 0 Å². The first-order valence-electron chi connectivity index (χ1n) is 24.5. The molecule has 332 valence electrons. The minimum atomic E-state index is -0.444. The van der Waals surface area contributed by atoms with E-state index < -0.39 is 11.9 Å². The summed E-state index contributed by atoms with van der Waals surface area (Å²) in [7, 11) is 0. The normalized spacial score (nSPS) is 13.8. The Balaban J connectivity index is 0.000000878. The van der Waals surface area contributed by atoms with Gasteiger partial charge >= 0.3 is 17.9 Å². The number of carbonyl (C=O) groups is 3. The van der Waals surface area contributed by atoms with Crippen molar-refractivity contribution in [2.75, 3.05) is 13.2 Å². The molecule has 1 aromatic rings. The molecule has 0 atom stereocenters. The zero-order valence-corrected chi connectivity index (χ0v) is 38.3. The van der Waals surface area contributed by atoms with E-state index in [0.717, 1.165) is 38.5 Å². The molecule has 0 amide bonds. The lowest BCUT2D eigenvalue weighted by Gasteiger charge is -2.20. The summed E-state index contributed by atoms with van der Waals surface area (Å²) in [6.07, 6.45) is 44.7. The van der Waals surface area contributed by atoms with Crippen LogP contribution in [0.15, 0.2) is 24.3 Å². The summed E-state index contributed by atoms with van der Waals surface area (Å²) in [6, 6.07) is 6.74. The molecule has 2 fully saturated rings. The average molecular weight is 801 g/mol. The smallest absolute Gasteiger partial charge is 0.339 e. The zero-order chi connectivity index (χ0) is 41.9. The van der Waals surface area contributed by atoms with E-state index in [1.807, 2.05) is 0 Å². The summed E-state index contributed by atoms with van der Waals surface area (Å²) < 4.78 is 15.8. The lowest BCUT2D eigenvalue weighted by Crippen LogP contribution is -2.18. The molecule has 0 heterocycles. The van der Waals surface area contributed by atoms with Crippen LogP contribution < -0.4 is 0 Å². The van der Waals surface area contributed by atoms with Gasteiger partial charge in [0.15, 0.2) is 0 Å². The van der Waals surface area contributed by atoms with Gasteiger partial charge < -0.3 is 14.2 Å². The van der Waals surface area contributed by atoms with E-state index >= 15 is 0 Å². The minimum Gasteiger partial charge on any atom is -0.463 e. The third-order valence-corrected chi connectivity index (χ3v) is 10.9. The molecule has 57 heavy (non-hydrogen) atoms. The molecule has 0 unspecified atom stereocenters. The molecule has 2 aliphatic carbocycles. The van der Waals surface area contributed by atoms with E-state index in [2.05, 4.69) is 27.7 Å². The van der Waals surface area contributed by atoms with Crippen LogP contribution in [0, 0.1) is 0 Å². The third kappa shape index (κ3) is 36.4. The Hall–Kier alpha value is -2.37. The maximum atomic E-state index is 12.4. The van der Waals surface area contributed by atoms with E-state index in [9.17, 15) is 14.4 Å². The van der Waals surface area contributed by atoms with Gasteiger partial charge in [-0.15, -0.1) is 0 Å². The fourth-order valence-corrected chi connectivity index (χ4v) is 7.30. The molecule has 6 nitrogen and oxygen atoms in total. The molecule has 0 spiro atoms. The number of esters is 3. The number of ether oxygens (including phenoxy) is 3. The van der Waals surface area contributed by atoms with Crippen LogP contribution in [0.4, 0.5) is 0 Å². The fraction of sp³-hybridized carbons (Fsp3) is 0.824. The van der Waals surface area contributed by atoms with E-state index in [0.29, 0.717) is 24.3 Å². The van der Waals surface area contributed by atoms with Crippen LogP contribution in [0.2, 0.25) is 0 Å². The number of hydrogen-bond donors (Lipinski definition) is 0. The molecule has 0 N–H and O–H groups in total. The molecular weight excluding hydrogens is 709 g/mol. The summed E-state index contributed by atoms with van der Waals surface area (Å²) in [5.41, 5.74) is 0.586. The van der Waals surface area contributed by atoms with Crippen LogP contribution in [0.25, 0.3) is 0 Å². The Morgan fingerprint density at radius 2 is 0.719 bits per heavy atom. The summed E-state index contributed by atoms with van der Waals surface area (Å²) in [5, 5.41) is 0. The van der Waals surface area contributed by atoms with E-state index in [1.165, 1.54) is 187 Å². The first-order chi connectivity index (χ1) is 27.9. The highest BCUT2D eigenvalue weighted by molar-refractivity contribution is 6.03. The molecule has 6 heteroatoms. The monoisotopic (exact) mass is 801 g/mol. The Labute approximate surface area is 353 Å². The zero-order valence-electron chi connectivity index (χ0n) is 38.3. The Morgan fingerprint density at radius 1 is 0.439 bits per heavy atom. The highest BCUT2D eigenvalue weighted by Gasteiger charge is 2.19. The van der Waals surface area contributed by atoms with Gasteiger partial charge in [-0.2, -0.15) is 0 Å². The Morgan fingerprint density at radius 3 is 1.02 bits per heavy atom. The first-order valence-corrected chi connectivity index (χ1v) is 24.5. The fourth-order valence-electron chi connectivity index (χ4n) is 7.30. The highest BCUT2D eigenvalue weighted by Crippen LogP contribution is 2.20. The number of benzene rings is 1. The van der Waals surface area contributed by atoms with Crippen molar-refractivity contribution in [2.24, 2.45) is 0 Å². The van der Waals surface area contributed by atoms with Crippen molar-refractivity contribution < 1.29 is 28.6 Å². The predicted molar refractivity (Wildman–Crippen MR) is 242 cm³/mol. The van der Waals surface area contributed by atoms with Crippen molar-refractivity contribution >= 4 is 17.9 Å². The van der Waals surface area contributed by atoms with Gasteiger partial charge in [-0.05, 0) is 50.7 Å². The predicted octanol–water partition coefficient (Wildman–Crippen LogP) is 16.3. The van der Waals surface area contributed by atoms with Gasteiger partial charge in [-0.1, -0.05) is 220 Å². The van der Waals surface area contributed by atoms with Crippen LogP contribution in [-0.2, 0) is 19.0 Å².